The van der Waals surface area contributed by atoms with E-state index < -0.39 is 12.1 Å². The lowest BCUT2D eigenvalue weighted by Crippen LogP contribution is -2.50. The van der Waals surface area contributed by atoms with Gasteiger partial charge in [0.15, 0.2) is 0 Å². The fraction of sp³-hybridized carbons (Fsp3) is 0.600. The minimum atomic E-state index is -0.933. The maximum Gasteiger partial charge on any atom is 0.331 e. The smallest absolute Gasteiger partial charge is 0.331 e. The van der Waals surface area contributed by atoms with Gasteiger partial charge in [0.05, 0.1) is 18.2 Å². The number of aliphatic carboxylic acids is 1. The van der Waals surface area contributed by atoms with Gasteiger partial charge in [-0.2, -0.15) is 0 Å². The van der Waals surface area contributed by atoms with Crippen molar-refractivity contribution in [1.82, 2.24) is 5.32 Å². The van der Waals surface area contributed by atoms with Crippen LogP contribution in [0.2, 0.25) is 0 Å². The highest BCUT2D eigenvalue weighted by Gasteiger charge is 2.36. The van der Waals surface area contributed by atoms with E-state index in [-0.39, 0.29) is 24.0 Å². The van der Waals surface area contributed by atoms with E-state index in [1.165, 1.54) is 6.92 Å². The van der Waals surface area contributed by atoms with E-state index in [1.54, 1.807) is 12.2 Å². The van der Waals surface area contributed by atoms with Crippen molar-refractivity contribution in [1.29, 1.82) is 0 Å². The number of carboxylic acid groups (broad SMARTS) is 1. The van der Waals surface area contributed by atoms with Crippen molar-refractivity contribution in [2.45, 2.75) is 51.9 Å². The van der Waals surface area contributed by atoms with Gasteiger partial charge in [0.2, 0.25) is 5.91 Å². The topological polar surface area (TPSA) is 75.6 Å². The molecule has 0 aromatic heterocycles. The van der Waals surface area contributed by atoms with E-state index in [2.05, 4.69) is 11.9 Å². The van der Waals surface area contributed by atoms with Crippen LogP contribution in [0.25, 0.3) is 0 Å². The average molecular weight is 281 g/mol. The SMILES string of the molecule is C=CC[C@@H]1CC(C(=O)O)=C[C@@H](OC(C)C)[C@@H]1NC(C)=O. The van der Waals surface area contributed by atoms with Crippen molar-refractivity contribution in [3.63, 3.8) is 0 Å². The van der Waals surface area contributed by atoms with Gasteiger partial charge in [-0.3, -0.25) is 4.79 Å². The fourth-order valence-corrected chi connectivity index (χ4v) is 2.52. The van der Waals surface area contributed by atoms with Crippen LogP contribution in [0.5, 0.6) is 0 Å². The van der Waals surface area contributed by atoms with Gasteiger partial charge in [-0.15, -0.1) is 6.58 Å². The second-order valence-electron chi connectivity index (χ2n) is 5.36. The van der Waals surface area contributed by atoms with Gasteiger partial charge in [-0.1, -0.05) is 6.08 Å². The van der Waals surface area contributed by atoms with Gasteiger partial charge >= 0.3 is 5.97 Å². The Morgan fingerprint density at radius 2 is 2.25 bits per heavy atom. The van der Waals surface area contributed by atoms with E-state index in [4.69, 9.17) is 4.74 Å². The monoisotopic (exact) mass is 281 g/mol. The van der Waals surface area contributed by atoms with Gasteiger partial charge in [0.1, 0.15) is 0 Å². The Morgan fingerprint density at radius 1 is 1.60 bits per heavy atom. The van der Waals surface area contributed by atoms with E-state index in [9.17, 15) is 14.7 Å². The van der Waals surface area contributed by atoms with E-state index in [0.29, 0.717) is 18.4 Å². The lowest BCUT2D eigenvalue weighted by atomic mass is 9.80. The molecule has 2 N–H and O–H groups in total. The molecule has 20 heavy (non-hydrogen) atoms. The predicted molar refractivity (Wildman–Crippen MR) is 76.3 cm³/mol. The van der Waals surface area contributed by atoms with Gasteiger partial charge in [-0.05, 0) is 38.7 Å². The molecule has 3 atom stereocenters. The van der Waals surface area contributed by atoms with Crippen molar-refractivity contribution in [2.75, 3.05) is 0 Å². The highest BCUT2D eigenvalue weighted by atomic mass is 16.5. The maximum absolute atomic E-state index is 11.4. The highest BCUT2D eigenvalue weighted by molar-refractivity contribution is 5.87. The molecule has 0 heterocycles. The maximum atomic E-state index is 11.4. The molecule has 1 aliphatic carbocycles. The summed E-state index contributed by atoms with van der Waals surface area (Å²) in [7, 11) is 0. The minimum Gasteiger partial charge on any atom is -0.478 e. The Kier molecular flexibility index (Phi) is 5.95. The summed E-state index contributed by atoms with van der Waals surface area (Å²) in [6.45, 7) is 8.93. The molecule has 0 saturated heterocycles. The van der Waals surface area contributed by atoms with Crippen LogP contribution in [-0.2, 0) is 14.3 Å². The molecule has 0 radical (unpaired) electrons. The number of hydrogen-bond donors (Lipinski definition) is 2. The number of rotatable bonds is 6. The molecular formula is C15H23NO4. The molecule has 5 nitrogen and oxygen atoms in total. The number of carboxylic acids is 1. The zero-order valence-corrected chi connectivity index (χ0v) is 12.3. The molecule has 5 heteroatoms. The molecular weight excluding hydrogens is 258 g/mol. The Hall–Kier alpha value is -1.62. The first kappa shape index (κ1) is 16.4. The fourth-order valence-electron chi connectivity index (χ4n) is 2.52. The number of allylic oxidation sites excluding steroid dienone is 1. The van der Waals surface area contributed by atoms with Crippen LogP contribution >= 0.6 is 0 Å². The quantitative estimate of drug-likeness (QED) is 0.729. The van der Waals surface area contributed by atoms with Crippen LogP contribution in [0.15, 0.2) is 24.3 Å². The summed E-state index contributed by atoms with van der Waals surface area (Å²) in [4.78, 5) is 22.6. The number of hydrogen-bond acceptors (Lipinski definition) is 3. The molecule has 112 valence electrons. The number of nitrogens with one attached hydrogen (secondary N) is 1. The van der Waals surface area contributed by atoms with Gasteiger partial charge in [0.25, 0.3) is 0 Å². The molecule has 0 bridgehead atoms. The first-order valence-corrected chi connectivity index (χ1v) is 6.82. The first-order valence-electron chi connectivity index (χ1n) is 6.82. The zero-order chi connectivity index (χ0) is 15.3. The van der Waals surface area contributed by atoms with Crippen LogP contribution in [0.3, 0.4) is 0 Å². The number of ether oxygens (including phenoxy) is 1. The molecule has 0 spiro atoms. The molecule has 0 unspecified atom stereocenters. The average Bonchev–Trinajstić information content (AvgIpc) is 2.31. The molecule has 0 aromatic rings. The third-order valence-electron chi connectivity index (χ3n) is 3.25. The lowest BCUT2D eigenvalue weighted by Gasteiger charge is -2.37. The molecule has 1 amide bonds. The van der Waals surface area contributed by atoms with Crippen molar-refractivity contribution < 1.29 is 19.4 Å². The second-order valence-corrected chi connectivity index (χ2v) is 5.36. The third kappa shape index (κ3) is 4.49. The summed E-state index contributed by atoms with van der Waals surface area (Å²) in [5.74, 6) is -1.09. The Labute approximate surface area is 119 Å². The van der Waals surface area contributed by atoms with E-state index in [0.717, 1.165) is 0 Å². The van der Waals surface area contributed by atoms with E-state index in [1.807, 2.05) is 13.8 Å². The van der Waals surface area contributed by atoms with Crippen molar-refractivity contribution in [3.05, 3.63) is 24.3 Å². The van der Waals surface area contributed by atoms with Crippen LogP contribution in [-0.4, -0.2) is 35.2 Å². The van der Waals surface area contributed by atoms with Crippen LogP contribution < -0.4 is 5.32 Å². The first-order chi connectivity index (χ1) is 9.35. The van der Waals surface area contributed by atoms with Gasteiger partial charge in [0, 0.05) is 12.5 Å². The molecule has 0 aromatic carbocycles. The Balaban J connectivity index is 3.06. The second kappa shape index (κ2) is 7.24. The molecule has 0 aliphatic heterocycles. The summed E-state index contributed by atoms with van der Waals surface area (Å²) in [6.07, 6.45) is 3.92. The zero-order valence-electron chi connectivity index (χ0n) is 12.3. The Morgan fingerprint density at radius 3 is 2.70 bits per heavy atom. The van der Waals surface area contributed by atoms with Gasteiger partial charge < -0.3 is 15.2 Å². The summed E-state index contributed by atoms with van der Waals surface area (Å²) >= 11 is 0. The minimum absolute atomic E-state index is 0.0174. The molecule has 1 aliphatic rings. The molecule has 1 rings (SSSR count). The van der Waals surface area contributed by atoms with Crippen LogP contribution in [0, 0.1) is 5.92 Å². The molecule has 0 saturated carbocycles. The summed E-state index contributed by atoms with van der Waals surface area (Å²) < 4.78 is 5.77. The standard InChI is InChI=1S/C15H23NO4/c1-5-6-11-7-12(15(18)19)8-13(20-9(2)3)14(11)16-10(4)17/h5,8-9,11,13-14H,1,6-7H2,2-4H3,(H,16,17)(H,18,19)/t11-,13-,14-/m1/s1. The van der Waals surface area contributed by atoms with Crippen molar-refractivity contribution >= 4 is 11.9 Å². The Bertz CT molecular complexity index is 414. The molecule has 0 fully saturated rings. The lowest BCUT2D eigenvalue weighted by molar-refractivity contribution is -0.133. The number of carbonyl (C=O) groups is 2. The summed E-state index contributed by atoms with van der Waals surface area (Å²) in [6, 6.07) is -0.226. The van der Waals surface area contributed by atoms with Crippen molar-refractivity contribution in [2.24, 2.45) is 5.92 Å². The highest BCUT2D eigenvalue weighted by Crippen LogP contribution is 2.30. The number of carbonyl (C=O) groups excluding carboxylic acids is 1. The normalized spacial score (nSPS) is 26.0. The summed E-state index contributed by atoms with van der Waals surface area (Å²) in [5, 5.41) is 12.1. The van der Waals surface area contributed by atoms with Crippen molar-refractivity contribution in [3.8, 4) is 0 Å². The largest absolute Gasteiger partial charge is 0.478 e. The number of amides is 1. The third-order valence-corrected chi connectivity index (χ3v) is 3.25. The van der Waals surface area contributed by atoms with Crippen LogP contribution in [0.1, 0.15) is 33.6 Å². The van der Waals surface area contributed by atoms with Crippen LogP contribution in [0.4, 0.5) is 0 Å². The predicted octanol–water partition coefficient (Wildman–Crippen LogP) is 1.89. The summed E-state index contributed by atoms with van der Waals surface area (Å²) in [5.41, 5.74) is 0.337. The van der Waals surface area contributed by atoms with E-state index >= 15 is 0 Å². The van der Waals surface area contributed by atoms with Gasteiger partial charge in [-0.25, -0.2) is 4.79 Å².